The molecule has 1 atom stereocenters. The molecule has 1 unspecified atom stereocenters. The van der Waals surface area contributed by atoms with Gasteiger partial charge in [0.1, 0.15) is 0 Å². The summed E-state index contributed by atoms with van der Waals surface area (Å²) < 4.78 is 5.04. The van der Waals surface area contributed by atoms with E-state index < -0.39 is 24.0 Å². The first kappa shape index (κ1) is 18.6. The van der Waals surface area contributed by atoms with Gasteiger partial charge in [0.2, 0.25) is 0 Å². The van der Waals surface area contributed by atoms with Gasteiger partial charge in [-0.15, -0.1) is 11.3 Å². The molecule has 0 fully saturated rings. The molecular weight excluding hydrogens is 322 g/mol. The molecule has 9 heteroatoms. The molecule has 4 N–H and O–H groups in total. The fourth-order valence-corrected chi connectivity index (χ4v) is 2.30. The van der Waals surface area contributed by atoms with Crippen LogP contribution in [-0.2, 0) is 14.3 Å². The average Bonchev–Trinajstić information content (AvgIpc) is 2.97. The van der Waals surface area contributed by atoms with Crippen LogP contribution >= 0.6 is 11.3 Å². The number of hydrogen-bond acceptors (Lipinski definition) is 6. The van der Waals surface area contributed by atoms with Crippen molar-refractivity contribution in [3.05, 3.63) is 22.4 Å². The molecule has 0 saturated heterocycles. The van der Waals surface area contributed by atoms with E-state index >= 15 is 0 Å². The molecule has 4 amide bonds. The van der Waals surface area contributed by atoms with Crippen LogP contribution in [0.1, 0.15) is 29.9 Å². The van der Waals surface area contributed by atoms with Gasteiger partial charge in [-0.25, -0.2) is 4.79 Å². The number of amides is 4. The average molecular weight is 341 g/mol. The Labute approximate surface area is 137 Å². The van der Waals surface area contributed by atoms with Crippen LogP contribution < -0.4 is 16.4 Å². The van der Waals surface area contributed by atoms with Crippen molar-refractivity contribution in [2.24, 2.45) is 11.7 Å². The minimum Gasteiger partial charge on any atom is -0.452 e. The number of hydrogen-bond donors (Lipinski definition) is 3. The summed E-state index contributed by atoms with van der Waals surface area (Å²) in [6.45, 7) is 3.41. The Morgan fingerprint density at radius 2 is 2.00 bits per heavy atom. The van der Waals surface area contributed by atoms with Crippen LogP contribution in [0.2, 0.25) is 0 Å². The summed E-state index contributed by atoms with van der Waals surface area (Å²) in [6.07, 6.45) is -1.22. The number of imide groups is 1. The SMILES string of the molecule is CC(C)C(OC(=O)CCNC(=O)c1cccs1)C(=O)NC(N)=O. The zero-order valence-electron chi connectivity index (χ0n) is 12.8. The van der Waals surface area contributed by atoms with E-state index in [2.05, 4.69) is 5.32 Å². The lowest BCUT2D eigenvalue weighted by Gasteiger charge is -2.19. The Morgan fingerprint density at radius 1 is 1.30 bits per heavy atom. The number of thiophene rings is 1. The largest absolute Gasteiger partial charge is 0.452 e. The highest BCUT2D eigenvalue weighted by Crippen LogP contribution is 2.09. The number of nitrogens with two attached hydrogens (primary N) is 1. The summed E-state index contributed by atoms with van der Waals surface area (Å²) in [5, 5.41) is 6.22. The van der Waals surface area contributed by atoms with Crippen molar-refractivity contribution in [3.8, 4) is 0 Å². The number of primary amides is 1. The van der Waals surface area contributed by atoms with Gasteiger partial charge in [-0.2, -0.15) is 0 Å². The molecule has 0 spiro atoms. The lowest BCUT2D eigenvalue weighted by Crippen LogP contribution is -2.45. The Balaban J connectivity index is 2.42. The first-order valence-electron chi connectivity index (χ1n) is 6.92. The number of ether oxygens (including phenoxy) is 1. The molecule has 126 valence electrons. The van der Waals surface area contributed by atoms with Gasteiger partial charge in [-0.3, -0.25) is 19.7 Å². The van der Waals surface area contributed by atoms with Gasteiger partial charge in [0.15, 0.2) is 6.10 Å². The molecule has 0 aliphatic rings. The predicted octanol–water partition coefficient (Wildman–Crippen LogP) is 0.631. The van der Waals surface area contributed by atoms with E-state index in [0.717, 1.165) is 0 Å². The summed E-state index contributed by atoms with van der Waals surface area (Å²) >= 11 is 1.29. The molecule has 0 aliphatic heterocycles. The van der Waals surface area contributed by atoms with Crippen LogP contribution in [0.3, 0.4) is 0 Å². The maximum Gasteiger partial charge on any atom is 0.318 e. The van der Waals surface area contributed by atoms with E-state index in [1.807, 2.05) is 5.32 Å². The molecule has 23 heavy (non-hydrogen) atoms. The highest BCUT2D eigenvalue weighted by atomic mass is 32.1. The van der Waals surface area contributed by atoms with Gasteiger partial charge in [0.05, 0.1) is 11.3 Å². The number of urea groups is 1. The van der Waals surface area contributed by atoms with E-state index in [-0.39, 0.29) is 24.8 Å². The minimum atomic E-state index is -1.12. The number of carbonyl (C=O) groups excluding carboxylic acids is 4. The van der Waals surface area contributed by atoms with Crippen LogP contribution in [0.25, 0.3) is 0 Å². The molecule has 1 aromatic heterocycles. The van der Waals surface area contributed by atoms with Gasteiger partial charge < -0.3 is 15.8 Å². The number of esters is 1. The monoisotopic (exact) mass is 341 g/mol. The van der Waals surface area contributed by atoms with Crippen LogP contribution in [0.4, 0.5) is 4.79 Å². The van der Waals surface area contributed by atoms with Crippen LogP contribution in [0, 0.1) is 5.92 Å². The predicted molar refractivity (Wildman–Crippen MR) is 83.7 cm³/mol. The van der Waals surface area contributed by atoms with Gasteiger partial charge in [-0.05, 0) is 17.4 Å². The lowest BCUT2D eigenvalue weighted by atomic mass is 10.1. The molecule has 0 aliphatic carbocycles. The second kappa shape index (κ2) is 8.89. The van der Waals surface area contributed by atoms with Crippen molar-refractivity contribution in [1.82, 2.24) is 10.6 Å². The van der Waals surface area contributed by atoms with Crippen molar-refractivity contribution < 1.29 is 23.9 Å². The van der Waals surface area contributed by atoms with Gasteiger partial charge in [0.25, 0.3) is 11.8 Å². The molecule has 8 nitrogen and oxygen atoms in total. The first-order valence-corrected chi connectivity index (χ1v) is 7.80. The zero-order chi connectivity index (χ0) is 17.4. The standard InChI is InChI=1S/C14H19N3O5S/c1-8(2)11(13(20)17-14(15)21)22-10(18)5-6-16-12(19)9-4-3-7-23-9/h3-4,7-8,11H,5-6H2,1-2H3,(H,16,19)(H3,15,17,20,21). The Morgan fingerprint density at radius 3 is 2.52 bits per heavy atom. The van der Waals surface area contributed by atoms with E-state index in [9.17, 15) is 19.2 Å². The molecule has 0 radical (unpaired) electrons. The molecule has 1 aromatic rings. The van der Waals surface area contributed by atoms with E-state index in [4.69, 9.17) is 10.5 Å². The third kappa shape index (κ3) is 6.47. The Hall–Kier alpha value is -2.42. The van der Waals surface area contributed by atoms with Crippen LogP contribution in [0.15, 0.2) is 17.5 Å². The second-order valence-corrected chi connectivity index (χ2v) is 5.94. The van der Waals surface area contributed by atoms with Crippen molar-refractivity contribution in [1.29, 1.82) is 0 Å². The molecule has 0 aromatic carbocycles. The fraction of sp³-hybridized carbons (Fsp3) is 0.429. The molecule has 1 heterocycles. The number of rotatable bonds is 7. The second-order valence-electron chi connectivity index (χ2n) is 4.99. The quantitative estimate of drug-likeness (QED) is 0.627. The fourth-order valence-electron chi connectivity index (χ4n) is 1.66. The molecule has 1 rings (SSSR count). The maximum absolute atomic E-state index is 11.7. The third-order valence-electron chi connectivity index (χ3n) is 2.73. The molecular formula is C14H19N3O5S. The third-order valence-corrected chi connectivity index (χ3v) is 3.60. The van der Waals surface area contributed by atoms with Crippen LogP contribution in [0.5, 0.6) is 0 Å². The number of nitrogens with one attached hydrogen (secondary N) is 2. The topological polar surface area (TPSA) is 128 Å². The van der Waals surface area contributed by atoms with Gasteiger partial charge in [-0.1, -0.05) is 19.9 Å². The summed E-state index contributed by atoms with van der Waals surface area (Å²) in [6, 6.07) is 2.40. The Kier molecular flexibility index (Phi) is 7.20. The van der Waals surface area contributed by atoms with E-state index in [1.165, 1.54) is 11.3 Å². The summed E-state index contributed by atoms with van der Waals surface area (Å²) in [4.78, 5) is 46.4. The summed E-state index contributed by atoms with van der Waals surface area (Å²) in [5.41, 5.74) is 4.86. The highest BCUT2D eigenvalue weighted by Gasteiger charge is 2.27. The molecule has 0 saturated carbocycles. The summed E-state index contributed by atoms with van der Waals surface area (Å²) in [5.74, 6) is -2.04. The van der Waals surface area contributed by atoms with Crippen LogP contribution in [-0.4, -0.2) is 36.5 Å². The smallest absolute Gasteiger partial charge is 0.318 e. The normalized spacial score (nSPS) is 11.6. The highest BCUT2D eigenvalue weighted by molar-refractivity contribution is 7.12. The van der Waals surface area contributed by atoms with E-state index in [0.29, 0.717) is 4.88 Å². The maximum atomic E-state index is 11.7. The molecule has 0 bridgehead atoms. The Bertz CT molecular complexity index is 571. The number of carbonyl (C=O) groups is 4. The van der Waals surface area contributed by atoms with Crippen molar-refractivity contribution in [2.75, 3.05) is 6.54 Å². The lowest BCUT2D eigenvalue weighted by molar-refractivity contribution is -0.158. The first-order chi connectivity index (χ1) is 10.8. The van der Waals surface area contributed by atoms with Crippen molar-refractivity contribution in [2.45, 2.75) is 26.4 Å². The minimum absolute atomic E-state index is 0.0812. The van der Waals surface area contributed by atoms with Gasteiger partial charge >= 0.3 is 12.0 Å². The summed E-state index contributed by atoms with van der Waals surface area (Å²) in [7, 11) is 0. The van der Waals surface area contributed by atoms with E-state index in [1.54, 1.807) is 31.4 Å². The van der Waals surface area contributed by atoms with Crippen molar-refractivity contribution >= 4 is 35.2 Å². The van der Waals surface area contributed by atoms with Gasteiger partial charge in [0, 0.05) is 6.54 Å². The van der Waals surface area contributed by atoms with Crippen molar-refractivity contribution in [3.63, 3.8) is 0 Å². The zero-order valence-corrected chi connectivity index (χ0v) is 13.6.